The molecule has 0 radical (unpaired) electrons. The van der Waals surface area contributed by atoms with Gasteiger partial charge >= 0.3 is 0 Å². The van der Waals surface area contributed by atoms with Crippen molar-refractivity contribution in [3.05, 3.63) is 95.8 Å². The van der Waals surface area contributed by atoms with Gasteiger partial charge in [-0.05, 0) is 35.4 Å². The molecule has 0 fully saturated rings. The Morgan fingerprint density at radius 2 is 1.43 bits per heavy atom. The van der Waals surface area contributed by atoms with Crippen molar-refractivity contribution in [2.24, 2.45) is 0 Å². The highest BCUT2D eigenvalue weighted by atomic mass is 19.1. The van der Waals surface area contributed by atoms with Crippen molar-refractivity contribution < 1.29 is 9.13 Å². The molecule has 2 nitrogen and oxygen atoms in total. The molecule has 0 amide bonds. The van der Waals surface area contributed by atoms with Gasteiger partial charge in [0.25, 0.3) is 0 Å². The lowest BCUT2D eigenvalue weighted by atomic mass is 10.2. The van der Waals surface area contributed by atoms with Crippen LogP contribution in [-0.2, 0) is 13.2 Å². The van der Waals surface area contributed by atoms with E-state index in [4.69, 9.17) is 4.74 Å². The van der Waals surface area contributed by atoms with Gasteiger partial charge in [-0.15, -0.1) is 0 Å². The largest absolute Gasteiger partial charge is 0.489 e. The average molecular weight is 307 g/mol. The van der Waals surface area contributed by atoms with Crippen LogP contribution >= 0.6 is 0 Å². The molecule has 3 rings (SSSR count). The highest BCUT2D eigenvalue weighted by Gasteiger charge is 2.01. The van der Waals surface area contributed by atoms with Crippen LogP contribution in [0.3, 0.4) is 0 Å². The summed E-state index contributed by atoms with van der Waals surface area (Å²) in [7, 11) is 0. The van der Waals surface area contributed by atoms with Gasteiger partial charge in [-0.2, -0.15) is 0 Å². The van der Waals surface area contributed by atoms with Crippen molar-refractivity contribution in [2.45, 2.75) is 13.2 Å². The summed E-state index contributed by atoms with van der Waals surface area (Å²) in [5.74, 6) is 0.582. The van der Waals surface area contributed by atoms with Crippen molar-refractivity contribution in [3.63, 3.8) is 0 Å². The summed E-state index contributed by atoms with van der Waals surface area (Å²) in [6.07, 6.45) is 0. The Bertz CT molecular complexity index is 741. The predicted molar refractivity (Wildman–Crippen MR) is 90.9 cm³/mol. The monoisotopic (exact) mass is 307 g/mol. The van der Waals surface area contributed by atoms with E-state index in [1.54, 1.807) is 12.1 Å². The van der Waals surface area contributed by atoms with E-state index in [-0.39, 0.29) is 5.82 Å². The Kier molecular flexibility index (Phi) is 4.89. The minimum absolute atomic E-state index is 0.240. The number of rotatable bonds is 6. The lowest BCUT2D eigenvalue weighted by Gasteiger charge is -2.09. The summed E-state index contributed by atoms with van der Waals surface area (Å²) in [5, 5.41) is 3.09. The Balaban J connectivity index is 1.54. The molecular weight excluding hydrogens is 289 g/mol. The molecule has 3 aromatic rings. The summed E-state index contributed by atoms with van der Waals surface area (Å²) in [5.41, 5.74) is 2.72. The fraction of sp³-hybridized carbons (Fsp3) is 0.100. The molecule has 0 aliphatic rings. The summed E-state index contributed by atoms with van der Waals surface area (Å²) < 4.78 is 19.3. The Morgan fingerprint density at radius 3 is 2.17 bits per heavy atom. The van der Waals surface area contributed by atoms with E-state index in [1.807, 2.05) is 60.7 Å². The van der Waals surface area contributed by atoms with Crippen LogP contribution in [0.4, 0.5) is 10.1 Å². The fourth-order valence-corrected chi connectivity index (χ4v) is 2.25. The molecule has 23 heavy (non-hydrogen) atoms. The number of ether oxygens (including phenoxy) is 1. The minimum atomic E-state index is -0.240. The third kappa shape index (κ3) is 4.33. The predicted octanol–water partition coefficient (Wildman–Crippen LogP) is 5.02. The van der Waals surface area contributed by atoms with Crippen LogP contribution in [0.5, 0.6) is 5.75 Å². The van der Waals surface area contributed by atoms with Crippen molar-refractivity contribution in [3.8, 4) is 5.75 Å². The first-order valence-electron chi connectivity index (χ1n) is 7.55. The van der Waals surface area contributed by atoms with Crippen LogP contribution in [0, 0.1) is 5.82 Å². The second kappa shape index (κ2) is 7.45. The normalized spacial score (nSPS) is 10.3. The van der Waals surface area contributed by atoms with E-state index >= 15 is 0 Å². The van der Waals surface area contributed by atoms with Crippen molar-refractivity contribution >= 4 is 5.69 Å². The lowest BCUT2D eigenvalue weighted by molar-refractivity contribution is 0.306. The first-order chi connectivity index (χ1) is 11.3. The van der Waals surface area contributed by atoms with E-state index in [2.05, 4.69) is 5.32 Å². The maximum atomic E-state index is 13.5. The molecule has 0 saturated heterocycles. The van der Waals surface area contributed by atoms with Gasteiger partial charge in [0.05, 0.1) is 5.69 Å². The zero-order valence-corrected chi connectivity index (χ0v) is 12.7. The second-order valence-electron chi connectivity index (χ2n) is 5.25. The number of para-hydroxylation sites is 1. The molecule has 0 heterocycles. The topological polar surface area (TPSA) is 21.3 Å². The van der Waals surface area contributed by atoms with Crippen molar-refractivity contribution in [2.75, 3.05) is 5.32 Å². The number of benzene rings is 3. The fourth-order valence-electron chi connectivity index (χ4n) is 2.25. The van der Waals surface area contributed by atoms with Crippen LogP contribution in [0.25, 0.3) is 0 Å². The number of nitrogens with one attached hydrogen (secondary N) is 1. The van der Waals surface area contributed by atoms with Crippen LogP contribution in [0.1, 0.15) is 11.1 Å². The van der Waals surface area contributed by atoms with Crippen molar-refractivity contribution in [1.29, 1.82) is 0 Å². The van der Waals surface area contributed by atoms with Crippen LogP contribution in [-0.4, -0.2) is 0 Å². The molecule has 116 valence electrons. The molecule has 0 saturated carbocycles. The SMILES string of the molecule is Fc1ccccc1NCc1ccc(OCc2ccccc2)cc1. The molecule has 0 aliphatic heterocycles. The van der Waals surface area contributed by atoms with Gasteiger partial charge in [0.2, 0.25) is 0 Å². The number of anilines is 1. The summed E-state index contributed by atoms with van der Waals surface area (Å²) in [6, 6.07) is 24.5. The Morgan fingerprint density at radius 1 is 0.739 bits per heavy atom. The molecule has 0 unspecified atom stereocenters. The highest BCUT2D eigenvalue weighted by molar-refractivity contribution is 5.45. The van der Waals surface area contributed by atoms with Gasteiger partial charge in [0, 0.05) is 6.54 Å². The quantitative estimate of drug-likeness (QED) is 0.690. The van der Waals surface area contributed by atoms with Gasteiger partial charge in [0.15, 0.2) is 0 Å². The number of hydrogen-bond acceptors (Lipinski definition) is 2. The molecule has 0 bridgehead atoms. The standard InChI is InChI=1S/C20H18FNO/c21-19-8-4-5-9-20(19)22-14-16-10-12-18(13-11-16)23-15-17-6-2-1-3-7-17/h1-13,22H,14-15H2. The van der Waals surface area contributed by atoms with Gasteiger partial charge < -0.3 is 10.1 Å². The van der Waals surface area contributed by atoms with Gasteiger partial charge in [0.1, 0.15) is 18.2 Å². The van der Waals surface area contributed by atoms with E-state index in [9.17, 15) is 4.39 Å². The maximum absolute atomic E-state index is 13.5. The molecule has 0 aromatic heterocycles. The van der Waals surface area contributed by atoms with Crippen LogP contribution in [0.2, 0.25) is 0 Å². The molecule has 3 aromatic carbocycles. The zero-order valence-electron chi connectivity index (χ0n) is 12.7. The molecule has 1 N–H and O–H groups in total. The second-order valence-corrected chi connectivity index (χ2v) is 5.25. The van der Waals surface area contributed by atoms with E-state index in [0.29, 0.717) is 18.8 Å². The summed E-state index contributed by atoms with van der Waals surface area (Å²) in [4.78, 5) is 0. The van der Waals surface area contributed by atoms with Crippen LogP contribution < -0.4 is 10.1 Å². The first-order valence-corrected chi connectivity index (χ1v) is 7.55. The molecule has 0 aliphatic carbocycles. The van der Waals surface area contributed by atoms with Crippen LogP contribution in [0.15, 0.2) is 78.9 Å². The third-order valence-corrected chi connectivity index (χ3v) is 3.53. The molecular formula is C20H18FNO. The molecule has 0 spiro atoms. The number of halogens is 1. The summed E-state index contributed by atoms with van der Waals surface area (Å²) in [6.45, 7) is 1.12. The van der Waals surface area contributed by atoms with E-state index in [1.165, 1.54) is 6.07 Å². The smallest absolute Gasteiger partial charge is 0.146 e. The Labute approximate surface area is 135 Å². The molecule has 3 heteroatoms. The van der Waals surface area contributed by atoms with E-state index < -0.39 is 0 Å². The maximum Gasteiger partial charge on any atom is 0.146 e. The highest BCUT2D eigenvalue weighted by Crippen LogP contribution is 2.17. The number of hydrogen-bond donors (Lipinski definition) is 1. The first kappa shape index (κ1) is 15.1. The zero-order chi connectivity index (χ0) is 15.9. The van der Waals surface area contributed by atoms with E-state index in [0.717, 1.165) is 16.9 Å². The average Bonchev–Trinajstić information content (AvgIpc) is 2.61. The van der Waals surface area contributed by atoms with Gasteiger partial charge in [-0.25, -0.2) is 4.39 Å². The van der Waals surface area contributed by atoms with Gasteiger partial charge in [-0.1, -0.05) is 54.6 Å². The summed E-state index contributed by atoms with van der Waals surface area (Å²) >= 11 is 0. The molecule has 0 atom stereocenters. The third-order valence-electron chi connectivity index (χ3n) is 3.53. The van der Waals surface area contributed by atoms with Crippen molar-refractivity contribution in [1.82, 2.24) is 0 Å². The minimum Gasteiger partial charge on any atom is -0.489 e. The lowest BCUT2D eigenvalue weighted by Crippen LogP contribution is -2.01. The van der Waals surface area contributed by atoms with Gasteiger partial charge in [-0.3, -0.25) is 0 Å². The Hall–Kier alpha value is -2.81.